The molecule has 0 aliphatic carbocycles. The number of carbonyl (C=O) groups is 8. The van der Waals surface area contributed by atoms with Gasteiger partial charge in [0.05, 0.1) is 22.4 Å². The molecule has 0 radical (unpaired) electrons. The van der Waals surface area contributed by atoms with Crippen LogP contribution in [0.25, 0.3) is 0 Å². The van der Waals surface area contributed by atoms with Gasteiger partial charge in [-0.15, -0.1) is 0 Å². The van der Waals surface area contributed by atoms with E-state index in [0.717, 1.165) is 64.2 Å². The van der Waals surface area contributed by atoms with Gasteiger partial charge in [0.15, 0.2) is 0 Å². The van der Waals surface area contributed by atoms with E-state index >= 15 is 0 Å². The van der Waals surface area contributed by atoms with Crippen molar-refractivity contribution in [1.29, 1.82) is 0 Å². The predicted octanol–water partition coefficient (Wildman–Crippen LogP) is 6.02. The van der Waals surface area contributed by atoms with Crippen molar-refractivity contribution in [2.45, 2.75) is 283 Å². The van der Waals surface area contributed by atoms with Crippen molar-refractivity contribution in [3.63, 3.8) is 0 Å². The van der Waals surface area contributed by atoms with Crippen LogP contribution in [0.5, 0.6) is 0 Å². The van der Waals surface area contributed by atoms with Gasteiger partial charge in [-0.3, -0.25) is 43.7 Å². The maximum atomic E-state index is 14.0. The average Bonchev–Trinajstić information content (AvgIpc) is 3.39. The van der Waals surface area contributed by atoms with E-state index in [4.69, 9.17) is 15.2 Å². The minimum Gasteiger partial charge on any atom is -0.748 e. The predicted molar refractivity (Wildman–Crippen MR) is 313 cm³/mol. The molecule has 0 spiro atoms. The van der Waals surface area contributed by atoms with Crippen LogP contribution >= 0.6 is 11.8 Å². The third kappa shape index (κ3) is 50.9. The first-order chi connectivity index (χ1) is 37.9. The molecule has 0 aliphatic heterocycles. The molecule has 0 fully saturated rings. The van der Waals surface area contributed by atoms with Gasteiger partial charge in [-0.2, -0.15) is 11.8 Å². The molecule has 0 heterocycles. The van der Waals surface area contributed by atoms with Crippen LogP contribution in [0, 0.1) is 0 Å². The summed E-state index contributed by atoms with van der Waals surface area (Å²) in [5, 5.41) is 12.3. The molecule has 0 bridgehead atoms. The fourth-order valence-corrected chi connectivity index (χ4v) is 10.2. The first kappa shape index (κ1) is 79.2. The van der Waals surface area contributed by atoms with Crippen molar-refractivity contribution in [3.05, 3.63) is 0 Å². The summed E-state index contributed by atoms with van der Waals surface area (Å²) in [5.74, 6) is -6.14. The Balaban J connectivity index is 0. The summed E-state index contributed by atoms with van der Waals surface area (Å²) in [6, 6.07) is -3.93. The van der Waals surface area contributed by atoms with Gasteiger partial charge in [-0.25, -0.2) is 8.42 Å². The Labute approximate surface area is 508 Å². The SMILES string of the molecule is CCCCCCCCCCCCCCCC(=O)N[C@@H](CSC[C@@H](COC(=O)CCCCCCCCCCC)OC(=O)CCCCCCCCCCC)C(=O)N[C@@H](C)C(=O)N[C@H](CCC(N)=O)C(=O)NC(=O)CNCCS(=O)(=O)[O-].[Na+]. The molecule has 0 aromatic rings. The molecular weight excluding hydrogens is 1080 g/mol. The molecule has 6 amide bonds. The Hall–Kier alpha value is -2.82. The second-order valence-electron chi connectivity index (χ2n) is 21.2. The molecule has 80 heavy (non-hydrogen) atoms. The van der Waals surface area contributed by atoms with Crippen LogP contribution in [0.3, 0.4) is 0 Å². The Bertz CT molecular complexity index is 1780. The van der Waals surface area contributed by atoms with Crippen LogP contribution in [0.15, 0.2) is 0 Å². The zero-order valence-electron chi connectivity index (χ0n) is 50.2. The van der Waals surface area contributed by atoms with Gasteiger partial charge in [0.25, 0.3) is 0 Å². The van der Waals surface area contributed by atoms with Gasteiger partial charge in [0.2, 0.25) is 35.4 Å². The standard InChI is InChI=1S/C58H108N6O13S2.Na/c1-5-8-11-14-17-20-21-22-23-26-27-30-33-36-52(66)62-50(58(72)61-47(4)56(70)63-49(39-40-51(59)65)57(71)64-53(67)43-60-41-42-79(73,74)75)46-78-45-48(77-55(69)38-35-32-29-25-19-16-13-10-7-3)44-76-54(68)37-34-31-28-24-18-15-12-9-6-2;/h47-50,60H,5-46H2,1-4H3,(H2,59,65)(H,61,72)(H,62,66)(H,63,70)(H,64,67,71)(H,73,74,75);/q;+1/p-1/t47-,48+,49+,50-;/m0./s1. The maximum Gasteiger partial charge on any atom is 1.00 e. The second kappa shape index (κ2) is 54.1. The number of nitrogens with two attached hydrogens (primary N) is 1. The van der Waals surface area contributed by atoms with Crippen LogP contribution in [-0.4, -0.2) is 122 Å². The quantitative estimate of drug-likeness (QED) is 0.0176. The van der Waals surface area contributed by atoms with Crippen molar-refractivity contribution in [2.24, 2.45) is 5.73 Å². The molecule has 7 N–H and O–H groups in total. The van der Waals surface area contributed by atoms with E-state index in [-0.39, 0.29) is 98.2 Å². The molecule has 0 saturated heterocycles. The number of thioether (sulfide) groups is 1. The molecule has 19 nitrogen and oxygen atoms in total. The number of hydrogen-bond donors (Lipinski definition) is 6. The van der Waals surface area contributed by atoms with Crippen LogP contribution in [0.2, 0.25) is 0 Å². The smallest absolute Gasteiger partial charge is 0.748 e. The number of unbranched alkanes of at least 4 members (excludes halogenated alkanes) is 28. The number of ether oxygens (including phenoxy) is 2. The number of nitrogens with one attached hydrogen (secondary N) is 5. The fourth-order valence-electron chi connectivity index (χ4n) is 8.75. The minimum absolute atomic E-state index is 0. The van der Waals surface area contributed by atoms with Gasteiger partial charge in [0, 0.05) is 43.7 Å². The van der Waals surface area contributed by atoms with Gasteiger partial charge < -0.3 is 41.0 Å². The molecule has 0 rings (SSSR count). The van der Waals surface area contributed by atoms with Crippen molar-refractivity contribution in [1.82, 2.24) is 26.6 Å². The number of carbonyl (C=O) groups excluding carboxylic acids is 8. The maximum absolute atomic E-state index is 14.0. The summed E-state index contributed by atoms with van der Waals surface area (Å²) < 4.78 is 44.1. The van der Waals surface area contributed by atoms with E-state index in [1.54, 1.807) is 0 Å². The Morgan fingerprint density at radius 2 is 0.950 bits per heavy atom. The number of rotatable bonds is 55. The number of hydrogen-bond acceptors (Lipinski definition) is 15. The largest absolute Gasteiger partial charge is 1.00 e. The van der Waals surface area contributed by atoms with E-state index in [1.165, 1.54) is 134 Å². The molecule has 0 aromatic carbocycles. The van der Waals surface area contributed by atoms with Gasteiger partial charge in [-0.05, 0) is 32.6 Å². The average molecular weight is 1180 g/mol. The molecule has 0 saturated carbocycles. The van der Waals surface area contributed by atoms with E-state index in [0.29, 0.717) is 19.3 Å². The fraction of sp³-hybridized carbons (Fsp3) is 0.862. The minimum atomic E-state index is -4.55. The molecule has 4 atom stereocenters. The first-order valence-electron chi connectivity index (χ1n) is 30.5. The Kier molecular flexibility index (Phi) is 53.6. The number of amides is 6. The molecule has 0 unspecified atom stereocenters. The van der Waals surface area contributed by atoms with Crippen molar-refractivity contribution < 1.29 is 90.4 Å². The van der Waals surface area contributed by atoms with Gasteiger partial charge in [0.1, 0.15) is 30.8 Å². The third-order valence-corrected chi connectivity index (χ3v) is 15.5. The molecule has 22 heteroatoms. The van der Waals surface area contributed by atoms with E-state index in [9.17, 15) is 51.3 Å². The number of imide groups is 1. The molecule has 0 aliphatic rings. The monoisotopic (exact) mass is 1180 g/mol. The second-order valence-corrected chi connectivity index (χ2v) is 23.8. The van der Waals surface area contributed by atoms with Crippen molar-refractivity contribution >= 4 is 69.3 Å². The van der Waals surface area contributed by atoms with Gasteiger partial charge >= 0.3 is 41.5 Å². The molecule has 460 valence electrons. The van der Waals surface area contributed by atoms with E-state index in [1.807, 2.05) is 5.32 Å². The van der Waals surface area contributed by atoms with Crippen molar-refractivity contribution in [2.75, 3.05) is 37.0 Å². The summed E-state index contributed by atoms with van der Waals surface area (Å²) in [6.45, 7) is 6.89. The number of esters is 2. The van der Waals surface area contributed by atoms with E-state index < -0.39 is 82.2 Å². The van der Waals surface area contributed by atoms with Crippen molar-refractivity contribution in [3.8, 4) is 0 Å². The topological polar surface area (TPSA) is 298 Å². The summed E-state index contributed by atoms with van der Waals surface area (Å²) in [4.78, 5) is 104. The summed E-state index contributed by atoms with van der Waals surface area (Å²) in [5.41, 5.74) is 5.30. The Morgan fingerprint density at radius 3 is 1.40 bits per heavy atom. The van der Waals surface area contributed by atoms with Gasteiger partial charge in [-0.1, -0.05) is 201 Å². The molecular formula is C58H107N6NaO13S2. The molecule has 0 aromatic heterocycles. The summed E-state index contributed by atoms with van der Waals surface area (Å²) >= 11 is 1.21. The normalized spacial score (nSPS) is 12.8. The van der Waals surface area contributed by atoms with E-state index in [2.05, 4.69) is 42.0 Å². The van der Waals surface area contributed by atoms with Crippen LogP contribution in [0.4, 0.5) is 0 Å². The number of primary amides is 1. The Morgan fingerprint density at radius 1 is 0.512 bits per heavy atom. The van der Waals surface area contributed by atoms with Crippen LogP contribution < -0.4 is 61.9 Å². The van der Waals surface area contributed by atoms with Crippen LogP contribution in [0.1, 0.15) is 259 Å². The van der Waals surface area contributed by atoms with Crippen LogP contribution in [-0.2, 0) is 57.9 Å². The first-order valence-corrected chi connectivity index (χ1v) is 33.2. The third-order valence-electron chi connectivity index (χ3n) is 13.6. The zero-order chi connectivity index (χ0) is 58.8. The summed E-state index contributed by atoms with van der Waals surface area (Å²) in [7, 11) is -4.55. The summed E-state index contributed by atoms with van der Waals surface area (Å²) in [6.07, 6.45) is 33.6. The zero-order valence-corrected chi connectivity index (χ0v) is 53.8.